The molecule has 2 fully saturated rings. The molecular formula is C14H17FN2O. The molecule has 2 aliphatic heterocycles. The predicted octanol–water partition coefficient (Wildman–Crippen LogP) is 2.73. The molecule has 2 heterocycles. The molecule has 1 N–H and O–H groups in total. The van der Waals surface area contributed by atoms with Gasteiger partial charge < -0.3 is 9.64 Å². The van der Waals surface area contributed by atoms with E-state index in [1.807, 2.05) is 0 Å². The Balaban J connectivity index is 1.89. The Hall–Kier alpha value is -1.42. The molecule has 3 rings (SSSR count). The standard InChI is InChI=1S/C14H17FN2O/c15-11-6-4-10(5-7-11)13-9-18-8-12-2-1-3-14(16)17(12)13/h4-7,12-13,16H,1-3,8-9H2. The second kappa shape index (κ2) is 4.69. The maximum absolute atomic E-state index is 13.0. The molecule has 0 saturated carbocycles. The average molecular weight is 248 g/mol. The molecule has 1 aromatic carbocycles. The van der Waals surface area contributed by atoms with E-state index in [9.17, 15) is 4.39 Å². The number of morpholine rings is 1. The number of nitrogens with one attached hydrogen (secondary N) is 1. The van der Waals surface area contributed by atoms with Gasteiger partial charge in [-0.05, 0) is 30.5 Å². The lowest BCUT2D eigenvalue weighted by atomic mass is 9.94. The molecule has 2 saturated heterocycles. The fourth-order valence-corrected chi connectivity index (χ4v) is 2.94. The fraction of sp³-hybridized carbons (Fsp3) is 0.500. The van der Waals surface area contributed by atoms with Gasteiger partial charge in [-0.15, -0.1) is 0 Å². The van der Waals surface area contributed by atoms with Crippen molar-refractivity contribution in [2.45, 2.75) is 31.3 Å². The SMILES string of the molecule is N=C1CCCC2COCC(c3ccc(F)cc3)N12. The number of amidine groups is 1. The number of fused-ring (bicyclic) bond motifs is 1. The molecule has 2 unspecified atom stereocenters. The van der Waals surface area contributed by atoms with Crippen LogP contribution in [0.4, 0.5) is 4.39 Å². The van der Waals surface area contributed by atoms with Crippen LogP contribution in [0, 0.1) is 11.2 Å². The first kappa shape index (κ1) is 11.7. The first-order valence-electron chi connectivity index (χ1n) is 6.44. The lowest BCUT2D eigenvalue weighted by Crippen LogP contribution is -2.52. The predicted molar refractivity (Wildman–Crippen MR) is 67.2 cm³/mol. The number of nitrogens with zero attached hydrogens (tertiary/aromatic N) is 1. The molecule has 0 aliphatic carbocycles. The van der Waals surface area contributed by atoms with Crippen molar-refractivity contribution in [3.63, 3.8) is 0 Å². The van der Waals surface area contributed by atoms with E-state index in [-0.39, 0.29) is 11.9 Å². The summed E-state index contributed by atoms with van der Waals surface area (Å²) in [6.07, 6.45) is 2.99. The molecule has 3 nitrogen and oxygen atoms in total. The third-order valence-corrected chi connectivity index (χ3v) is 3.83. The summed E-state index contributed by atoms with van der Waals surface area (Å²) < 4.78 is 18.6. The minimum absolute atomic E-state index is 0.0668. The fourth-order valence-electron chi connectivity index (χ4n) is 2.94. The highest BCUT2D eigenvalue weighted by atomic mass is 19.1. The van der Waals surface area contributed by atoms with Gasteiger partial charge in [0.25, 0.3) is 0 Å². The van der Waals surface area contributed by atoms with E-state index >= 15 is 0 Å². The van der Waals surface area contributed by atoms with Gasteiger partial charge in [-0.2, -0.15) is 0 Å². The van der Waals surface area contributed by atoms with Crippen LogP contribution in [0.2, 0.25) is 0 Å². The van der Waals surface area contributed by atoms with Crippen molar-refractivity contribution in [2.75, 3.05) is 13.2 Å². The van der Waals surface area contributed by atoms with Crippen molar-refractivity contribution < 1.29 is 9.13 Å². The van der Waals surface area contributed by atoms with Crippen molar-refractivity contribution in [2.24, 2.45) is 0 Å². The maximum Gasteiger partial charge on any atom is 0.123 e. The first-order valence-corrected chi connectivity index (χ1v) is 6.44. The molecule has 0 radical (unpaired) electrons. The molecule has 96 valence electrons. The Bertz CT molecular complexity index is 444. The molecule has 4 heteroatoms. The van der Waals surface area contributed by atoms with E-state index in [4.69, 9.17) is 10.1 Å². The quantitative estimate of drug-likeness (QED) is 0.829. The van der Waals surface area contributed by atoms with Crippen molar-refractivity contribution in [3.8, 4) is 0 Å². The van der Waals surface area contributed by atoms with Crippen LogP contribution in [-0.4, -0.2) is 30.0 Å². The minimum Gasteiger partial charge on any atom is -0.377 e. The zero-order chi connectivity index (χ0) is 12.5. The van der Waals surface area contributed by atoms with Crippen molar-refractivity contribution in [1.82, 2.24) is 4.90 Å². The van der Waals surface area contributed by atoms with E-state index in [1.165, 1.54) is 12.1 Å². The summed E-state index contributed by atoms with van der Waals surface area (Å²) in [4.78, 5) is 2.17. The molecule has 18 heavy (non-hydrogen) atoms. The average Bonchev–Trinajstić information content (AvgIpc) is 2.39. The van der Waals surface area contributed by atoms with Crippen LogP contribution in [-0.2, 0) is 4.74 Å². The molecule has 0 spiro atoms. The molecule has 2 atom stereocenters. The van der Waals surface area contributed by atoms with Gasteiger partial charge in [0.1, 0.15) is 5.82 Å². The summed E-state index contributed by atoms with van der Waals surface area (Å²) in [6.45, 7) is 1.30. The molecule has 0 aromatic heterocycles. The van der Waals surface area contributed by atoms with E-state index in [2.05, 4.69) is 4.90 Å². The smallest absolute Gasteiger partial charge is 0.123 e. The number of halogens is 1. The number of rotatable bonds is 1. The highest BCUT2D eigenvalue weighted by Crippen LogP contribution is 2.33. The highest BCUT2D eigenvalue weighted by Gasteiger charge is 2.35. The van der Waals surface area contributed by atoms with Gasteiger partial charge in [-0.25, -0.2) is 4.39 Å². The molecular weight excluding hydrogens is 231 g/mol. The van der Waals surface area contributed by atoms with Crippen LogP contribution < -0.4 is 0 Å². The molecule has 0 amide bonds. The monoisotopic (exact) mass is 248 g/mol. The topological polar surface area (TPSA) is 36.3 Å². The largest absolute Gasteiger partial charge is 0.377 e. The van der Waals surface area contributed by atoms with E-state index < -0.39 is 0 Å². The van der Waals surface area contributed by atoms with E-state index in [0.717, 1.165) is 24.8 Å². The minimum atomic E-state index is -0.222. The van der Waals surface area contributed by atoms with Crippen LogP contribution >= 0.6 is 0 Å². The van der Waals surface area contributed by atoms with Gasteiger partial charge in [0.15, 0.2) is 0 Å². The Morgan fingerprint density at radius 3 is 2.78 bits per heavy atom. The third kappa shape index (κ3) is 2.01. The van der Waals surface area contributed by atoms with Crippen molar-refractivity contribution in [3.05, 3.63) is 35.6 Å². The van der Waals surface area contributed by atoms with Crippen molar-refractivity contribution in [1.29, 1.82) is 5.41 Å². The number of benzene rings is 1. The van der Waals surface area contributed by atoms with Gasteiger partial charge in [0.05, 0.1) is 31.1 Å². The van der Waals surface area contributed by atoms with Crippen LogP contribution in [0.25, 0.3) is 0 Å². The Morgan fingerprint density at radius 2 is 2.00 bits per heavy atom. The maximum atomic E-state index is 13.0. The Morgan fingerprint density at radius 1 is 1.22 bits per heavy atom. The summed E-state index contributed by atoms with van der Waals surface area (Å²) >= 11 is 0. The second-order valence-electron chi connectivity index (χ2n) is 5.00. The third-order valence-electron chi connectivity index (χ3n) is 3.83. The summed E-state index contributed by atoms with van der Waals surface area (Å²) in [7, 11) is 0. The Labute approximate surface area is 106 Å². The lowest BCUT2D eigenvalue weighted by Gasteiger charge is -2.46. The first-order chi connectivity index (χ1) is 8.75. The van der Waals surface area contributed by atoms with Gasteiger partial charge >= 0.3 is 0 Å². The summed E-state index contributed by atoms with van der Waals surface area (Å²) in [6, 6.07) is 6.94. The van der Waals surface area contributed by atoms with Crippen LogP contribution in [0.15, 0.2) is 24.3 Å². The van der Waals surface area contributed by atoms with Gasteiger partial charge in [-0.3, -0.25) is 5.41 Å². The van der Waals surface area contributed by atoms with Crippen molar-refractivity contribution >= 4 is 5.84 Å². The van der Waals surface area contributed by atoms with Gasteiger partial charge in [0.2, 0.25) is 0 Å². The second-order valence-corrected chi connectivity index (χ2v) is 5.00. The number of hydrogen-bond acceptors (Lipinski definition) is 2. The molecule has 0 bridgehead atoms. The summed E-state index contributed by atoms with van der Waals surface area (Å²) in [5.74, 6) is 0.477. The lowest BCUT2D eigenvalue weighted by molar-refractivity contribution is -0.0242. The summed E-state index contributed by atoms with van der Waals surface area (Å²) in [5.41, 5.74) is 1.03. The molecule has 2 aliphatic rings. The van der Waals surface area contributed by atoms with E-state index in [0.29, 0.717) is 25.1 Å². The zero-order valence-corrected chi connectivity index (χ0v) is 10.2. The Kier molecular flexibility index (Phi) is 3.04. The van der Waals surface area contributed by atoms with Crippen LogP contribution in [0.3, 0.4) is 0 Å². The normalized spacial score (nSPS) is 28.1. The highest BCUT2D eigenvalue weighted by molar-refractivity contribution is 5.80. The molecule has 1 aromatic rings. The van der Waals surface area contributed by atoms with Gasteiger partial charge in [-0.1, -0.05) is 12.1 Å². The summed E-state index contributed by atoms with van der Waals surface area (Å²) in [5, 5.41) is 8.13. The zero-order valence-electron chi connectivity index (χ0n) is 10.2. The van der Waals surface area contributed by atoms with Gasteiger partial charge in [0, 0.05) is 6.42 Å². The number of piperidine rings is 1. The van der Waals surface area contributed by atoms with Crippen LogP contribution in [0.1, 0.15) is 30.9 Å². The van der Waals surface area contributed by atoms with E-state index in [1.54, 1.807) is 12.1 Å². The number of hydrogen-bond donors (Lipinski definition) is 1. The van der Waals surface area contributed by atoms with Crippen LogP contribution in [0.5, 0.6) is 0 Å². The number of ether oxygens (including phenoxy) is 1.